The van der Waals surface area contributed by atoms with Gasteiger partial charge >= 0.3 is 0 Å². The van der Waals surface area contributed by atoms with Crippen molar-refractivity contribution in [1.29, 1.82) is 0 Å². The molecule has 1 heterocycles. The molecule has 0 spiro atoms. The first kappa shape index (κ1) is 16.4. The Morgan fingerprint density at radius 1 is 1.25 bits per heavy atom. The summed E-state index contributed by atoms with van der Waals surface area (Å²) in [4.78, 5) is 15.6. The third-order valence-electron chi connectivity index (χ3n) is 2.63. The van der Waals surface area contributed by atoms with Gasteiger partial charge in [0.05, 0.1) is 0 Å². The van der Waals surface area contributed by atoms with E-state index in [9.17, 15) is 9.18 Å². The van der Waals surface area contributed by atoms with Gasteiger partial charge in [-0.25, -0.2) is 4.39 Å². The minimum absolute atomic E-state index is 0. The summed E-state index contributed by atoms with van der Waals surface area (Å²) < 4.78 is 13.4. The molecule has 0 fully saturated rings. The second-order valence-corrected chi connectivity index (χ2v) is 4.41. The lowest BCUT2D eigenvalue weighted by atomic mass is 10.1. The first-order chi connectivity index (χ1) is 9.16. The Kier molecular flexibility index (Phi) is 6.42. The largest absolute Gasteiger partial charge is 0.352 e. The van der Waals surface area contributed by atoms with Gasteiger partial charge in [-0.05, 0) is 42.3 Å². The lowest BCUT2D eigenvalue weighted by Gasteiger charge is -2.06. The SMILES string of the molecule is Cl.O=C(NCCc1cc(Cl)ccc1F)c1ccncc1. The molecule has 0 atom stereocenters. The summed E-state index contributed by atoms with van der Waals surface area (Å²) in [6.07, 6.45) is 3.49. The fraction of sp³-hybridized carbons (Fsp3) is 0.143. The number of halogens is 3. The predicted molar refractivity (Wildman–Crippen MR) is 78.9 cm³/mol. The molecule has 3 nitrogen and oxygen atoms in total. The van der Waals surface area contributed by atoms with Crippen molar-refractivity contribution in [1.82, 2.24) is 10.3 Å². The van der Waals surface area contributed by atoms with Crippen molar-refractivity contribution in [2.45, 2.75) is 6.42 Å². The zero-order valence-corrected chi connectivity index (χ0v) is 12.0. The maximum absolute atomic E-state index is 13.4. The normalized spacial score (nSPS) is 9.70. The van der Waals surface area contributed by atoms with Gasteiger partial charge in [-0.15, -0.1) is 12.4 Å². The van der Waals surface area contributed by atoms with Crippen LogP contribution < -0.4 is 5.32 Å². The van der Waals surface area contributed by atoms with Crippen LogP contribution in [0.1, 0.15) is 15.9 Å². The highest BCUT2D eigenvalue weighted by atomic mass is 35.5. The van der Waals surface area contributed by atoms with Gasteiger partial charge in [-0.2, -0.15) is 0 Å². The molecule has 0 saturated carbocycles. The van der Waals surface area contributed by atoms with Crippen molar-refractivity contribution < 1.29 is 9.18 Å². The molecule has 1 aromatic carbocycles. The molecule has 0 unspecified atom stereocenters. The van der Waals surface area contributed by atoms with E-state index in [1.807, 2.05) is 0 Å². The number of hydrogen-bond donors (Lipinski definition) is 1. The highest BCUT2D eigenvalue weighted by Gasteiger charge is 2.06. The molecule has 106 valence electrons. The van der Waals surface area contributed by atoms with E-state index in [0.717, 1.165) is 0 Å². The van der Waals surface area contributed by atoms with Gasteiger partial charge in [0.25, 0.3) is 5.91 Å². The summed E-state index contributed by atoms with van der Waals surface area (Å²) in [7, 11) is 0. The van der Waals surface area contributed by atoms with E-state index < -0.39 is 0 Å². The third kappa shape index (κ3) is 4.47. The monoisotopic (exact) mass is 314 g/mol. The van der Waals surface area contributed by atoms with Gasteiger partial charge in [-0.1, -0.05) is 11.6 Å². The van der Waals surface area contributed by atoms with Crippen LogP contribution in [0.5, 0.6) is 0 Å². The fourth-order valence-corrected chi connectivity index (χ4v) is 1.85. The number of amides is 1. The second-order valence-electron chi connectivity index (χ2n) is 3.98. The summed E-state index contributed by atoms with van der Waals surface area (Å²) in [5.74, 6) is -0.521. The molecular weight excluding hydrogens is 302 g/mol. The second kappa shape index (κ2) is 7.82. The van der Waals surface area contributed by atoms with Crippen LogP contribution in [0.25, 0.3) is 0 Å². The van der Waals surface area contributed by atoms with E-state index in [4.69, 9.17) is 11.6 Å². The van der Waals surface area contributed by atoms with Crippen LogP contribution in [-0.4, -0.2) is 17.4 Å². The molecule has 0 aliphatic heterocycles. The van der Waals surface area contributed by atoms with E-state index in [2.05, 4.69) is 10.3 Å². The van der Waals surface area contributed by atoms with Crippen molar-refractivity contribution in [3.05, 3.63) is 64.7 Å². The van der Waals surface area contributed by atoms with Crippen molar-refractivity contribution in [2.24, 2.45) is 0 Å². The Morgan fingerprint density at radius 2 is 1.95 bits per heavy atom. The molecule has 0 bridgehead atoms. The van der Waals surface area contributed by atoms with Crippen LogP contribution in [0.15, 0.2) is 42.7 Å². The van der Waals surface area contributed by atoms with Gasteiger partial charge in [0, 0.05) is 29.5 Å². The van der Waals surface area contributed by atoms with Crippen molar-refractivity contribution in [2.75, 3.05) is 6.54 Å². The van der Waals surface area contributed by atoms with Gasteiger partial charge in [0.15, 0.2) is 0 Å². The standard InChI is InChI=1S/C14H12ClFN2O.ClH/c15-12-1-2-13(16)11(9-12)5-8-18-14(19)10-3-6-17-7-4-10;/h1-4,6-7,9H,5,8H2,(H,18,19);1H. The van der Waals surface area contributed by atoms with E-state index in [0.29, 0.717) is 29.1 Å². The Labute approximate surface area is 127 Å². The zero-order valence-electron chi connectivity index (χ0n) is 10.5. The summed E-state index contributed by atoms with van der Waals surface area (Å²) in [6, 6.07) is 7.62. The van der Waals surface area contributed by atoms with Crippen LogP contribution in [0.2, 0.25) is 5.02 Å². The molecule has 2 rings (SSSR count). The smallest absolute Gasteiger partial charge is 0.251 e. The van der Waals surface area contributed by atoms with E-state index >= 15 is 0 Å². The first-order valence-electron chi connectivity index (χ1n) is 5.79. The maximum Gasteiger partial charge on any atom is 0.251 e. The van der Waals surface area contributed by atoms with Crippen molar-refractivity contribution >= 4 is 29.9 Å². The first-order valence-corrected chi connectivity index (χ1v) is 6.17. The number of carbonyl (C=O) groups excluding carboxylic acids is 1. The number of nitrogens with zero attached hydrogens (tertiary/aromatic N) is 1. The quantitative estimate of drug-likeness (QED) is 0.941. The van der Waals surface area contributed by atoms with Crippen LogP contribution in [0.4, 0.5) is 4.39 Å². The molecule has 0 aliphatic rings. The fourth-order valence-electron chi connectivity index (χ4n) is 1.65. The number of pyridine rings is 1. The average molecular weight is 315 g/mol. The molecule has 1 aromatic heterocycles. The maximum atomic E-state index is 13.4. The highest BCUT2D eigenvalue weighted by Crippen LogP contribution is 2.15. The van der Waals surface area contributed by atoms with Gasteiger partial charge < -0.3 is 5.32 Å². The molecule has 0 aliphatic carbocycles. The Hall–Kier alpha value is -1.65. The summed E-state index contributed by atoms with van der Waals surface area (Å²) in [5.41, 5.74) is 1.02. The number of aromatic nitrogens is 1. The van der Waals surface area contributed by atoms with Gasteiger partial charge in [-0.3, -0.25) is 9.78 Å². The molecule has 20 heavy (non-hydrogen) atoms. The number of rotatable bonds is 4. The summed E-state index contributed by atoms with van der Waals surface area (Å²) >= 11 is 5.79. The summed E-state index contributed by atoms with van der Waals surface area (Å²) in [5, 5.41) is 3.20. The molecule has 1 N–H and O–H groups in total. The van der Waals surface area contributed by atoms with E-state index in [1.54, 1.807) is 30.6 Å². The molecule has 0 radical (unpaired) electrons. The summed E-state index contributed by atoms with van der Waals surface area (Å²) in [6.45, 7) is 0.346. The minimum atomic E-state index is -0.317. The van der Waals surface area contributed by atoms with E-state index in [1.165, 1.54) is 12.1 Å². The number of carbonyl (C=O) groups is 1. The molecule has 2 aromatic rings. The van der Waals surface area contributed by atoms with Crippen LogP contribution >= 0.6 is 24.0 Å². The minimum Gasteiger partial charge on any atom is -0.352 e. The highest BCUT2D eigenvalue weighted by molar-refractivity contribution is 6.30. The van der Waals surface area contributed by atoms with Crippen LogP contribution in [0, 0.1) is 5.82 Å². The Morgan fingerprint density at radius 3 is 2.65 bits per heavy atom. The van der Waals surface area contributed by atoms with E-state index in [-0.39, 0.29) is 24.1 Å². The lowest BCUT2D eigenvalue weighted by Crippen LogP contribution is -2.25. The van der Waals surface area contributed by atoms with Gasteiger partial charge in [0.2, 0.25) is 0 Å². The lowest BCUT2D eigenvalue weighted by molar-refractivity contribution is 0.0954. The Balaban J connectivity index is 0.00000200. The van der Waals surface area contributed by atoms with Crippen molar-refractivity contribution in [3.8, 4) is 0 Å². The topological polar surface area (TPSA) is 42.0 Å². The number of nitrogens with one attached hydrogen (secondary N) is 1. The number of benzene rings is 1. The Bertz CT molecular complexity index is 579. The molecule has 0 saturated heterocycles. The van der Waals surface area contributed by atoms with Gasteiger partial charge in [0.1, 0.15) is 5.82 Å². The molecule has 6 heteroatoms. The average Bonchev–Trinajstić information content (AvgIpc) is 2.43. The van der Waals surface area contributed by atoms with Crippen LogP contribution in [-0.2, 0) is 6.42 Å². The number of hydrogen-bond acceptors (Lipinski definition) is 2. The molecular formula is C14H13Cl2FN2O. The predicted octanol–water partition coefficient (Wildman–Crippen LogP) is 3.27. The third-order valence-corrected chi connectivity index (χ3v) is 2.87. The zero-order chi connectivity index (χ0) is 13.7. The van der Waals surface area contributed by atoms with Crippen LogP contribution in [0.3, 0.4) is 0 Å². The molecule has 1 amide bonds. The van der Waals surface area contributed by atoms with Crippen molar-refractivity contribution in [3.63, 3.8) is 0 Å².